The molecule has 1 spiro atoms. The molecular weight excluding hydrogens is 364 g/mol. The zero-order chi connectivity index (χ0) is 19.7. The minimum atomic E-state index is -0.0695. The molecule has 0 unspecified atom stereocenters. The molecule has 0 bridgehead atoms. The van der Waals surface area contributed by atoms with Gasteiger partial charge >= 0.3 is 0 Å². The van der Waals surface area contributed by atoms with Crippen LogP contribution in [0.1, 0.15) is 23.2 Å². The number of pyridine rings is 1. The predicted octanol–water partition coefficient (Wildman–Crippen LogP) is 3.22. The molecule has 5 rings (SSSR count). The maximum atomic E-state index is 5.97. The molecule has 2 aliphatic heterocycles. The van der Waals surface area contributed by atoms with E-state index in [2.05, 4.69) is 27.0 Å². The highest BCUT2D eigenvalue weighted by molar-refractivity contribution is 5.54. The van der Waals surface area contributed by atoms with E-state index in [4.69, 9.17) is 14.5 Å². The molecule has 0 radical (unpaired) electrons. The average molecular weight is 388 g/mol. The maximum Gasteiger partial charge on any atom is 0.160 e. The van der Waals surface area contributed by atoms with Gasteiger partial charge in [0.15, 0.2) is 5.82 Å². The average Bonchev–Trinajstić information content (AvgIpc) is 3.18. The lowest BCUT2D eigenvalue weighted by atomic mass is 9.80. The standard InChI is InChI=1S/C23H24N4O2/c1-28-20-6-4-17(5-7-20)13-27-10-8-23(15-27)16-29-14-19-12-25-22(26-21(19)23)18-3-2-9-24-11-18/h2-7,9,11-12H,8,10,13-16H2,1H3/t23-/m1/s1. The van der Waals surface area contributed by atoms with E-state index in [1.54, 1.807) is 13.3 Å². The van der Waals surface area contributed by atoms with Crippen molar-refractivity contribution in [3.05, 3.63) is 71.8 Å². The smallest absolute Gasteiger partial charge is 0.160 e. The van der Waals surface area contributed by atoms with Crippen molar-refractivity contribution in [1.29, 1.82) is 0 Å². The van der Waals surface area contributed by atoms with Gasteiger partial charge in [0.2, 0.25) is 0 Å². The summed E-state index contributed by atoms with van der Waals surface area (Å²) in [4.78, 5) is 16.3. The van der Waals surface area contributed by atoms with Crippen molar-refractivity contribution in [3.8, 4) is 17.1 Å². The summed E-state index contributed by atoms with van der Waals surface area (Å²) >= 11 is 0. The summed E-state index contributed by atoms with van der Waals surface area (Å²) < 4.78 is 11.2. The third-order valence-electron chi connectivity index (χ3n) is 5.92. The second-order valence-corrected chi connectivity index (χ2v) is 7.89. The molecule has 6 heteroatoms. The van der Waals surface area contributed by atoms with Crippen LogP contribution in [0.2, 0.25) is 0 Å². The Balaban J connectivity index is 1.40. The van der Waals surface area contributed by atoms with Crippen LogP contribution >= 0.6 is 0 Å². The molecule has 148 valence electrons. The summed E-state index contributed by atoms with van der Waals surface area (Å²) in [5.74, 6) is 1.63. The minimum absolute atomic E-state index is 0.0695. The molecule has 2 aromatic heterocycles. The molecule has 0 saturated carbocycles. The third-order valence-corrected chi connectivity index (χ3v) is 5.92. The van der Waals surface area contributed by atoms with Gasteiger partial charge in [-0.05, 0) is 42.8 Å². The fourth-order valence-electron chi connectivity index (χ4n) is 4.42. The van der Waals surface area contributed by atoms with Crippen LogP contribution in [0.25, 0.3) is 11.4 Å². The largest absolute Gasteiger partial charge is 0.497 e. The first-order chi connectivity index (χ1) is 14.3. The van der Waals surface area contributed by atoms with Crippen LogP contribution < -0.4 is 4.74 Å². The molecule has 1 saturated heterocycles. The van der Waals surface area contributed by atoms with Gasteiger partial charge in [-0.3, -0.25) is 9.88 Å². The molecule has 0 aliphatic carbocycles. The molecule has 1 aromatic carbocycles. The number of likely N-dealkylation sites (tertiary alicyclic amines) is 1. The maximum absolute atomic E-state index is 5.97. The van der Waals surface area contributed by atoms with Crippen molar-refractivity contribution in [1.82, 2.24) is 19.9 Å². The van der Waals surface area contributed by atoms with Crippen LogP contribution in [0.3, 0.4) is 0 Å². The summed E-state index contributed by atoms with van der Waals surface area (Å²) in [6, 6.07) is 12.2. The topological polar surface area (TPSA) is 60.4 Å². The molecule has 0 N–H and O–H groups in total. The Kier molecular flexibility index (Phi) is 4.73. The predicted molar refractivity (Wildman–Crippen MR) is 109 cm³/mol. The van der Waals surface area contributed by atoms with E-state index in [0.29, 0.717) is 13.2 Å². The summed E-state index contributed by atoms with van der Waals surface area (Å²) in [7, 11) is 1.70. The van der Waals surface area contributed by atoms with Crippen LogP contribution in [0, 0.1) is 0 Å². The van der Waals surface area contributed by atoms with E-state index in [1.165, 1.54) is 5.56 Å². The number of nitrogens with zero attached hydrogens (tertiary/aromatic N) is 4. The quantitative estimate of drug-likeness (QED) is 0.684. The van der Waals surface area contributed by atoms with Gasteiger partial charge in [0.05, 0.1) is 31.4 Å². The molecule has 1 fully saturated rings. The highest BCUT2D eigenvalue weighted by Gasteiger charge is 2.44. The summed E-state index contributed by atoms with van der Waals surface area (Å²) in [5, 5.41) is 0. The van der Waals surface area contributed by atoms with E-state index >= 15 is 0 Å². The Morgan fingerprint density at radius 2 is 2.07 bits per heavy atom. The first kappa shape index (κ1) is 18.2. The molecular formula is C23H24N4O2. The Bertz CT molecular complexity index is 994. The number of methoxy groups -OCH3 is 1. The number of ether oxygens (including phenoxy) is 2. The zero-order valence-corrected chi connectivity index (χ0v) is 16.5. The van der Waals surface area contributed by atoms with Crippen LogP contribution in [0.15, 0.2) is 55.0 Å². The molecule has 1 atom stereocenters. The van der Waals surface area contributed by atoms with Gasteiger partial charge in [-0.15, -0.1) is 0 Å². The Morgan fingerprint density at radius 3 is 2.86 bits per heavy atom. The first-order valence-electron chi connectivity index (χ1n) is 9.96. The fourth-order valence-corrected chi connectivity index (χ4v) is 4.42. The van der Waals surface area contributed by atoms with Gasteiger partial charge in [0.1, 0.15) is 5.75 Å². The Labute approximate surface area is 170 Å². The van der Waals surface area contributed by atoms with Crippen molar-refractivity contribution in [2.45, 2.75) is 25.0 Å². The van der Waals surface area contributed by atoms with Crippen LogP contribution in [0.4, 0.5) is 0 Å². The summed E-state index contributed by atoms with van der Waals surface area (Å²) in [6.07, 6.45) is 6.56. The summed E-state index contributed by atoms with van der Waals surface area (Å²) in [5.41, 5.74) is 4.42. The van der Waals surface area contributed by atoms with E-state index in [0.717, 1.165) is 54.4 Å². The third kappa shape index (κ3) is 3.50. The van der Waals surface area contributed by atoms with Gasteiger partial charge < -0.3 is 9.47 Å². The highest BCUT2D eigenvalue weighted by atomic mass is 16.5. The van der Waals surface area contributed by atoms with Crippen molar-refractivity contribution in [2.24, 2.45) is 0 Å². The Morgan fingerprint density at radius 1 is 1.17 bits per heavy atom. The number of benzene rings is 1. The van der Waals surface area contributed by atoms with Gasteiger partial charge in [-0.1, -0.05) is 12.1 Å². The van der Waals surface area contributed by atoms with E-state index < -0.39 is 0 Å². The molecule has 4 heterocycles. The Hall–Kier alpha value is -2.83. The van der Waals surface area contributed by atoms with E-state index in [-0.39, 0.29) is 5.41 Å². The summed E-state index contributed by atoms with van der Waals surface area (Å²) in [6.45, 7) is 4.18. The lowest BCUT2D eigenvalue weighted by molar-refractivity contribution is 0.0503. The van der Waals surface area contributed by atoms with E-state index in [9.17, 15) is 0 Å². The second kappa shape index (κ2) is 7.54. The van der Waals surface area contributed by atoms with Crippen LogP contribution in [-0.2, 0) is 23.3 Å². The molecule has 6 nitrogen and oxygen atoms in total. The molecule has 29 heavy (non-hydrogen) atoms. The van der Waals surface area contributed by atoms with Crippen molar-refractivity contribution in [3.63, 3.8) is 0 Å². The van der Waals surface area contributed by atoms with Crippen LogP contribution in [0.5, 0.6) is 5.75 Å². The van der Waals surface area contributed by atoms with Crippen molar-refractivity contribution >= 4 is 0 Å². The van der Waals surface area contributed by atoms with Gasteiger partial charge in [0.25, 0.3) is 0 Å². The van der Waals surface area contributed by atoms with Crippen molar-refractivity contribution < 1.29 is 9.47 Å². The van der Waals surface area contributed by atoms with Crippen LogP contribution in [-0.4, -0.2) is 46.7 Å². The number of rotatable bonds is 4. The SMILES string of the molecule is COc1ccc(CN2CC[C@]3(COCc4cnc(-c5cccnc5)nc43)C2)cc1. The molecule has 3 aromatic rings. The van der Waals surface area contributed by atoms with Gasteiger partial charge in [-0.25, -0.2) is 9.97 Å². The number of fused-ring (bicyclic) bond motifs is 2. The van der Waals surface area contributed by atoms with Crippen molar-refractivity contribution in [2.75, 3.05) is 26.8 Å². The first-order valence-corrected chi connectivity index (χ1v) is 9.96. The second-order valence-electron chi connectivity index (χ2n) is 7.89. The lowest BCUT2D eigenvalue weighted by Gasteiger charge is -2.34. The van der Waals surface area contributed by atoms with Gasteiger partial charge in [-0.2, -0.15) is 0 Å². The monoisotopic (exact) mass is 388 g/mol. The number of aromatic nitrogens is 3. The number of hydrogen-bond acceptors (Lipinski definition) is 6. The fraction of sp³-hybridized carbons (Fsp3) is 0.348. The highest BCUT2D eigenvalue weighted by Crippen LogP contribution is 2.40. The van der Waals surface area contributed by atoms with Gasteiger partial charge in [0, 0.05) is 42.8 Å². The molecule has 0 amide bonds. The molecule has 2 aliphatic rings. The lowest BCUT2D eigenvalue weighted by Crippen LogP contribution is -2.40. The van der Waals surface area contributed by atoms with E-state index in [1.807, 2.05) is 36.7 Å². The zero-order valence-electron chi connectivity index (χ0n) is 16.5. The minimum Gasteiger partial charge on any atom is -0.497 e. The number of hydrogen-bond donors (Lipinski definition) is 0. The normalized spacial score (nSPS) is 21.3.